The molecule has 0 amide bonds. The summed E-state index contributed by atoms with van der Waals surface area (Å²) in [4.78, 5) is 0. The van der Waals surface area contributed by atoms with Crippen LogP contribution in [0.5, 0.6) is 0 Å². The van der Waals surface area contributed by atoms with E-state index in [0.29, 0.717) is 0 Å². The molecule has 59 heavy (non-hydrogen) atoms. The smallest absolute Gasteiger partial charge is 0.0622 e. The van der Waals surface area contributed by atoms with Gasteiger partial charge in [0.15, 0.2) is 0 Å². The van der Waals surface area contributed by atoms with Crippen molar-refractivity contribution in [1.82, 2.24) is 0 Å². The predicted octanol–water partition coefficient (Wildman–Crippen LogP) is 15.5. The maximum absolute atomic E-state index is 2.52. The molecule has 0 heteroatoms. The molecule has 0 nitrogen and oxygen atoms in total. The fourth-order valence-corrected chi connectivity index (χ4v) is 9.58. The van der Waals surface area contributed by atoms with E-state index in [2.05, 4.69) is 243 Å². The molecule has 0 bridgehead atoms. The molecule has 276 valence electrons. The third-order valence-electron chi connectivity index (χ3n) is 12.4. The Hall–Kier alpha value is -7.54. The molecular formula is C59H40. The number of benzene rings is 10. The van der Waals surface area contributed by atoms with Gasteiger partial charge in [0.25, 0.3) is 0 Å². The molecule has 0 aliphatic heterocycles. The second-order valence-corrected chi connectivity index (χ2v) is 15.6. The molecule has 0 heterocycles. The molecule has 0 radical (unpaired) electrons. The first kappa shape index (κ1) is 34.7. The van der Waals surface area contributed by atoms with Crippen LogP contribution in [0.25, 0.3) is 77.5 Å². The van der Waals surface area contributed by atoms with Gasteiger partial charge in [0.05, 0.1) is 5.41 Å². The first-order chi connectivity index (χ1) is 29.3. The van der Waals surface area contributed by atoms with Gasteiger partial charge in [0.2, 0.25) is 0 Å². The molecule has 0 saturated carbocycles. The van der Waals surface area contributed by atoms with E-state index < -0.39 is 5.41 Å². The van der Waals surface area contributed by atoms with Gasteiger partial charge in [-0.05, 0) is 112 Å². The van der Waals surface area contributed by atoms with Gasteiger partial charge in [0, 0.05) is 0 Å². The first-order valence-corrected chi connectivity index (χ1v) is 20.5. The average Bonchev–Trinajstić information content (AvgIpc) is 3.63. The number of hydrogen-bond acceptors (Lipinski definition) is 0. The Morgan fingerprint density at radius 2 is 0.593 bits per heavy atom. The summed E-state index contributed by atoms with van der Waals surface area (Å²) < 4.78 is 0. The summed E-state index contributed by atoms with van der Waals surface area (Å²) in [5, 5.41) is 2.53. The first-order valence-electron chi connectivity index (χ1n) is 20.5. The zero-order valence-corrected chi connectivity index (χ0v) is 32.6. The molecule has 0 aromatic heterocycles. The standard InChI is InChI=1S/C59H40/c1-5-15-41(16-6-1)44-25-27-47(28-26-44)49-35-38-54-56(39-49)59(50-21-11-4-12-22-50,51-36-33-46(34-37-51)43-19-9-3-10-20-43)57-40-55(52-23-13-14-24-53(52)58(54)57)48-31-29-45(30-32-48)42-17-7-2-8-18-42/h1-40H. The predicted molar refractivity (Wildman–Crippen MR) is 248 cm³/mol. The van der Waals surface area contributed by atoms with E-state index in [1.807, 2.05) is 0 Å². The van der Waals surface area contributed by atoms with Crippen LogP contribution in [0.3, 0.4) is 0 Å². The molecule has 1 aliphatic carbocycles. The van der Waals surface area contributed by atoms with Crippen LogP contribution in [0.2, 0.25) is 0 Å². The van der Waals surface area contributed by atoms with Gasteiger partial charge in [-0.3, -0.25) is 0 Å². The van der Waals surface area contributed by atoms with Crippen molar-refractivity contribution in [3.05, 3.63) is 265 Å². The molecule has 10 aromatic carbocycles. The van der Waals surface area contributed by atoms with Gasteiger partial charge < -0.3 is 0 Å². The largest absolute Gasteiger partial charge is 0.0714 e. The Morgan fingerprint density at radius 1 is 0.220 bits per heavy atom. The summed E-state index contributed by atoms with van der Waals surface area (Å²) >= 11 is 0. The van der Waals surface area contributed by atoms with Gasteiger partial charge >= 0.3 is 0 Å². The van der Waals surface area contributed by atoms with Crippen LogP contribution in [0.1, 0.15) is 22.3 Å². The van der Waals surface area contributed by atoms with Crippen molar-refractivity contribution in [3.63, 3.8) is 0 Å². The highest BCUT2D eigenvalue weighted by Crippen LogP contribution is 2.59. The van der Waals surface area contributed by atoms with Crippen molar-refractivity contribution < 1.29 is 0 Å². The lowest BCUT2D eigenvalue weighted by atomic mass is 9.66. The van der Waals surface area contributed by atoms with Crippen LogP contribution in [0, 0.1) is 0 Å². The molecule has 0 spiro atoms. The highest BCUT2D eigenvalue weighted by molar-refractivity contribution is 6.10. The average molecular weight is 749 g/mol. The van der Waals surface area contributed by atoms with Crippen molar-refractivity contribution in [2.75, 3.05) is 0 Å². The number of rotatable bonds is 7. The van der Waals surface area contributed by atoms with E-state index in [1.165, 1.54) is 99.8 Å². The monoisotopic (exact) mass is 748 g/mol. The summed E-state index contributed by atoms with van der Waals surface area (Å²) in [7, 11) is 0. The Kier molecular flexibility index (Phi) is 8.49. The van der Waals surface area contributed by atoms with Crippen molar-refractivity contribution >= 4 is 10.8 Å². The Labute approximate surface area is 346 Å². The minimum absolute atomic E-state index is 0.593. The number of hydrogen-bond donors (Lipinski definition) is 0. The molecule has 0 fully saturated rings. The van der Waals surface area contributed by atoms with Gasteiger partial charge in [-0.1, -0.05) is 231 Å². The molecule has 1 atom stereocenters. The van der Waals surface area contributed by atoms with Gasteiger partial charge in [-0.2, -0.15) is 0 Å². The van der Waals surface area contributed by atoms with Crippen molar-refractivity contribution in [3.8, 4) is 66.8 Å². The van der Waals surface area contributed by atoms with Crippen LogP contribution >= 0.6 is 0 Å². The number of fused-ring (bicyclic) bond motifs is 5. The molecule has 0 saturated heterocycles. The summed E-state index contributed by atoms with van der Waals surface area (Å²) in [6.45, 7) is 0. The van der Waals surface area contributed by atoms with E-state index in [4.69, 9.17) is 0 Å². The Bertz CT molecular complexity index is 3070. The van der Waals surface area contributed by atoms with Gasteiger partial charge in [-0.15, -0.1) is 0 Å². The maximum Gasteiger partial charge on any atom is 0.0714 e. The van der Waals surface area contributed by atoms with Crippen molar-refractivity contribution in [2.45, 2.75) is 5.41 Å². The summed E-state index contributed by atoms with van der Waals surface area (Å²) in [6, 6.07) is 89.4. The lowest BCUT2D eigenvalue weighted by molar-refractivity contribution is 0.770. The van der Waals surface area contributed by atoms with Gasteiger partial charge in [0.1, 0.15) is 0 Å². The van der Waals surface area contributed by atoms with Crippen LogP contribution in [0.15, 0.2) is 243 Å². The second kappa shape index (κ2) is 14.4. The van der Waals surface area contributed by atoms with E-state index >= 15 is 0 Å². The highest BCUT2D eigenvalue weighted by Gasteiger charge is 2.47. The molecule has 11 rings (SSSR count). The molecule has 10 aromatic rings. The fraction of sp³-hybridized carbons (Fsp3) is 0.0169. The highest BCUT2D eigenvalue weighted by atomic mass is 14.5. The van der Waals surface area contributed by atoms with E-state index in [9.17, 15) is 0 Å². The minimum Gasteiger partial charge on any atom is -0.0622 e. The normalized spacial score (nSPS) is 14.2. The topological polar surface area (TPSA) is 0 Å². The molecular weight excluding hydrogens is 709 g/mol. The third-order valence-corrected chi connectivity index (χ3v) is 12.4. The second-order valence-electron chi connectivity index (χ2n) is 15.6. The summed E-state index contributed by atoms with van der Waals surface area (Å²) in [5.74, 6) is 0. The Morgan fingerprint density at radius 3 is 1.12 bits per heavy atom. The zero-order valence-electron chi connectivity index (χ0n) is 32.6. The maximum atomic E-state index is 2.52. The summed E-state index contributed by atoms with van der Waals surface area (Å²) in [6.07, 6.45) is 0. The molecule has 1 unspecified atom stereocenters. The van der Waals surface area contributed by atoms with Crippen LogP contribution < -0.4 is 0 Å². The third kappa shape index (κ3) is 5.84. The van der Waals surface area contributed by atoms with Crippen LogP contribution in [-0.4, -0.2) is 0 Å². The van der Waals surface area contributed by atoms with Crippen molar-refractivity contribution in [1.29, 1.82) is 0 Å². The lowest BCUT2D eigenvalue weighted by Crippen LogP contribution is -2.28. The van der Waals surface area contributed by atoms with E-state index in [1.54, 1.807) is 0 Å². The van der Waals surface area contributed by atoms with Crippen LogP contribution in [0.4, 0.5) is 0 Å². The molecule has 1 aliphatic rings. The zero-order chi connectivity index (χ0) is 39.2. The fourth-order valence-electron chi connectivity index (χ4n) is 9.58. The van der Waals surface area contributed by atoms with Crippen molar-refractivity contribution in [2.24, 2.45) is 0 Å². The van der Waals surface area contributed by atoms with Gasteiger partial charge in [-0.25, -0.2) is 0 Å². The summed E-state index contributed by atoms with van der Waals surface area (Å²) in [5.41, 5.74) is 19.3. The SMILES string of the molecule is c1ccc(-c2ccc(-c3ccc4c(c3)C(c3ccccc3)(c3ccc(-c5ccccc5)cc3)c3cc(-c5ccc(-c6ccccc6)cc5)c5ccccc5c3-4)cc2)cc1. The Balaban J connectivity index is 1.17. The van der Waals surface area contributed by atoms with Crippen LogP contribution in [-0.2, 0) is 5.41 Å². The quantitative estimate of drug-likeness (QED) is 0.152. The van der Waals surface area contributed by atoms with E-state index in [-0.39, 0.29) is 0 Å². The van der Waals surface area contributed by atoms with E-state index in [0.717, 1.165) is 0 Å². The minimum atomic E-state index is -0.593. The molecule has 0 N–H and O–H groups in total. The lowest BCUT2D eigenvalue weighted by Gasteiger charge is -2.34.